The van der Waals surface area contributed by atoms with Gasteiger partial charge in [-0.25, -0.2) is 13.1 Å². The Morgan fingerprint density at radius 3 is 2.50 bits per heavy atom. The lowest BCUT2D eigenvalue weighted by Gasteiger charge is -2.24. The van der Waals surface area contributed by atoms with Gasteiger partial charge in [-0.1, -0.05) is 0 Å². The average molecular weight is 272 g/mol. The summed E-state index contributed by atoms with van der Waals surface area (Å²) < 4.78 is 26.4. The zero-order valence-electron chi connectivity index (χ0n) is 10.8. The van der Waals surface area contributed by atoms with Crippen LogP contribution in [0.1, 0.15) is 25.8 Å². The highest BCUT2D eigenvalue weighted by atomic mass is 32.2. The lowest BCUT2D eigenvalue weighted by atomic mass is 10.0. The normalized spacial score (nSPS) is 12.6. The predicted octanol–water partition coefficient (Wildman–Crippen LogP) is 0.704. The third-order valence-corrected chi connectivity index (χ3v) is 4.18. The van der Waals surface area contributed by atoms with Gasteiger partial charge >= 0.3 is 0 Å². The SMILES string of the molecule is CC(C)(CCO)NS(=O)(=O)CCc1ccncc1. The maximum absolute atomic E-state index is 11.9. The maximum atomic E-state index is 11.9. The highest BCUT2D eigenvalue weighted by Gasteiger charge is 2.23. The molecule has 0 aromatic carbocycles. The fraction of sp³-hybridized carbons (Fsp3) is 0.583. The van der Waals surface area contributed by atoms with Crippen LogP contribution in [0.3, 0.4) is 0 Å². The molecule has 0 atom stereocenters. The quantitative estimate of drug-likeness (QED) is 0.766. The number of sulfonamides is 1. The summed E-state index contributed by atoms with van der Waals surface area (Å²) in [4.78, 5) is 3.88. The van der Waals surface area contributed by atoms with Gasteiger partial charge in [0.1, 0.15) is 0 Å². The molecule has 0 saturated heterocycles. The minimum Gasteiger partial charge on any atom is -0.396 e. The summed E-state index contributed by atoms with van der Waals surface area (Å²) in [5, 5.41) is 8.86. The Morgan fingerprint density at radius 2 is 1.94 bits per heavy atom. The molecular weight excluding hydrogens is 252 g/mol. The second-order valence-electron chi connectivity index (χ2n) is 4.88. The minimum atomic E-state index is -3.34. The van der Waals surface area contributed by atoms with Crippen LogP contribution in [0.2, 0.25) is 0 Å². The number of rotatable bonds is 7. The van der Waals surface area contributed by atoms with E-state index in [4.69, 9.17) is 5.11 Å². The van der Waals surface area contributed by atoms with Crippen LogP contribution in [0.15, 0.2) is 24.5 Å². The number of aryl methyl sites for hydroxylation is 1. The van der Waals surface area contributed by atoms with E-state index < -0.39 is 15.6 Å². The molecule has 1 rings (SSSR count). The number of pyridine rings is 1. The average Bonchev–Trinajstić information content (AvgIpc) is 2.26. The van der Waals surface area contributed by atoms with Crippen LogP contribution in [0.4, 0.5) is 0 Å². The number of hydrogen-bond donors (Lipinski definition) is 2. The van der Waals surface area contributed by atoms with Crippen molar-refractivity contribution in [3.8, 4) is 0 Å². The van der Waals surface area contributed by atoms with Crippen molar-refractivity contribution < 1.29 is 13.5 Å². The van der Waals surface area contributed by atoms with Crippen LogP contribution >= 0.6 is 0 Å². The van der Waals surface area contributed by atoms with E-state index in [2.05, 4.69) is 9.71 Å². The minimum absolute atomic E-state index is 0.0336. The van der Waals surface area contributed by atoms with Crippen LogP contribution < -0.4 is 4.72 Å². The Kier molecular flexibility index (Phi) is 5.25. The van der Waals surface area contributed by atoms with Crippen molar-refractivity contribution in [2.75, 3.05) is 12.4 Å². The molecule has 0 aliphatic carbocycles. The predicted molar refractivity (Wildman–Crippen MR) is 70.6 cm³/mol. The number of nitrogens with one attached hydrogen (secondary N) is 1. The van der Waals surface area contributed by atoms with Crippen molar-refractivity contribution in [2.24, 2.45) is 0 Å². The maximum Gasteiger partial charge on any atom is 0.212 e. The molecule has 0 spiro atoms. The highest BCUT2D eigenvalue weighted by Crippen LogP contribution is 2.10. The van der Waals surface area contributed by atoms with Gasteiger partial charge in [0.2, 0.25) is 10.0 Å². The van der Waals surface area contributed by atoms with Gasteiger partial charge < -0.3 is 5.11 Å². The second-order valence-corrected chi connectivity index (χ2v) is 6.73. The molecule has 1 aromatic heterocycles. The van der Waals surface area contributed by atoms with Crippen LogP contribution in [-0.2, 0) is 16.4 Å². The Hall–Kier alpha value is -0.980. The molecule has 0 bridgehead atoms. The van der Waals surface area contributed by atoms with E-state index >= 15 is 0 Å². The first-order chi connectivity index (χ1) is 8.35. The Bertz CT molecular complexity index is 457. The fourth-order valence-corrected chi connectivity index (χ4v) is 3.15. The molecule has 102 valence electrons. The lowest BCUT2D eigenvalue weighted by Crippen LogP contribution is -2.45. The molecule has 0 saturated carbocycles. The molecule has 0 radical (unpaired) electrons. The van der Waals surface area contributed by atoms with E-state index in [0.717, 1.165) is 5.56 Å². The number of aliphatic hydroxyl groups is 1. The second kappa shape index (κ2) is 6.26. The summed E-state index contributed by atoms with van der Waals surface area (Å²) in [7, 11) is -3.34. The number of hydrogen-bond acceptors (Lipinski definition) is 4. The molecule has 0 aliphatic heterocycles. The van der Waals surface area contributed by atoms with Crippen LogP contribution in [-0.4, -0.2) is 36.4 Å². The van der Waals surface area contributed by atoms with Crippen molar-refractivity contribution >= 4 is 10.0 Å². The van der Waals surface area contributed by atoms with Gasteiger partial charge in [0.25, 0.3) is 0 Å². The Morgan fingerprint density at radius 1 is 1.33 bits per heavy atom. The largest absolute Gasteiger partial charge is 0.396 e. The molecule has 5 nitrogen and oxygen atoms in total. The molecule has 1 heterocycles. The summed E-state index contributed by atoms with van der Waals surface area (Å²) in [5.74, 6) is 0.0336. The van der Waals surface area contributed by atoms with Gasteiger partial charge in [-0.2, -0.15) is 0 Å². The summed E-state index contributed by atoms with van der Waals surface area (Å²) in [5.41, 5.74) is 0.321. The highest BCUT2D eigenvalue weighted by molar-refractivity contribution is 7.89. The van der Waals surface area contributed by atoms with Gasteiger partial charge in [-0.15, -0.1) is 0 Å². The third kappa shape index (κ3) is 5.57. The Labute approximate surface area is 108 Å². The van der Waals surface area contributed by atoms with E-state index in [-0.39, 0.29) is 12.4 Å². The molecule has 18 heavy (non-hydrogen) atoms. The van der Waals surface area contributed by atoms with E-state index in [1.54, 1.807) is 38.4 Å². The number of aromatic nitrogens is 1. The lowest BCUT2D eigenvalue weighted by molar-refractivity contribution is 0.246. The van der Waals surface area contributed by atoms with E-state index in [1.807, 2.05) is 0 Å². The third-order valence-electron chi connectivity index (χ3n) is 2.58. The van der Waals surface area contributed by atoms with Gasteiger partial charge in [0, 0.05) is 24.5 Å². The first-order valence-corrected chi connectivity index (χ1v) is 7.51. The fourth-order valence-electron chi connectivity index (χ4n) is 1.60. The molecular formula is C12H20N2O3S. The first kappa shape index (κ1) is 15.1. The van der Waals surface area contributed by atoms with Crippen molar-refractivity contribution in [1.82, 2.24) is 9.71 Å². The van der Waals surface area contributed by atoms with E-state index in [9.17, 15) is 8.42 Å². The van der Waals surface area contributed by atoms with E-state index in [1.165, 1.54) is 0 Å². The zero-order valence-corrected chi connectivity index (χ0v) is 11.6. The van der Waals surface area contributed by atoms with Crippen LogP contribution in [0.5, 0.6) is 0 Å². The van der Waals surface area contributed by atoms with Crippen molar-refractivity contribution in [1.29, 1.82) is 0 Å². The summed E-state index contributed by atoms with van der Waals surface area (Å²) in [6, 6.07) is 3.60. The molecule has 6 heteroatoms. The van der Waals surface area contributed by atoms with Crippen molar-refractivity contribution in [3.05, 3.63) is 30.1 Å². The smallest absolute Gasteiger partial charge is 0.212 e. The number of aliphatic hydroxyl groups excluding tert-OH is 1. The molecule has 0 amide bonds. The van der Waals surface area contributed by atoms with Crippen LogP contribution in [0.25, 0.3) is 0 Å². The molecule has 0 unspecified atom stereocenters. The topological polar surface area (TPSA) is 79.3 Å². The van der Waals surface area contributed by atoms with Gasteiger partial charge in [-0.05, 0) is 44.4 Å². The van der Waals surface area contributed by atoms with Gasteiger partial charge in [0.15, 0.2) is 0 Å². The first-order valence-electron chi connectivity index (χ1n) is 5.86. The van der Waals surface area contributed by atoms with Crippen molar-refractivity contribution in [3.63, 3.8) is 0 Å². The molecule has 1 aromatic rings. The standard InChI is InChI=1S/C12H20N2O3S/c1-12(2,6-9-15)14-18(16,17)10-5-11-3-7-13-8-4-11/h3-4,7-8,14-15H,5-6,9-10H2,1-2H3. The monoisotopic (exact) mass is 272 g/mol. The molecule has 2 N–H and O–H groups in total. The van der Waals surface area contributed by atoms with Crippen molar-refractivity contribution in [2.45, 2.75) is 32.2 Å². The molecule has 0 fully saturated rings. The Balaban J connectivity index is 2.55. The summed E-state index contributed by atoms with van der Waals surface area (Å²) >= 11 is 0. The van der Waals surface area contributed by atoms with Gasteiger partial charge in [-0.3, -0.25) is 4.98 Å². The molecule has 0 aliphatic rings. The zero-order chi connectivity index (χ0) is 13.6. The van der Waals surface area contributed by atoms with Crippen LogP contribution in [0, 0.1) is 0 Å². The van der Waals surface area contributed by atoms with E-state index in [0.29, 0.717) is 12.8 Å². The summed E-state index contributed by atoms with van der Waals surface area (Å²) in [6.45, 7) is 3.47. The summed E-state index contributed by atoms with van der Waals surface area (Å²) in [6.07, 6.45) is 4.13. The van der Waals surface area contributed by atoms with Gasteiger partial charge in [0.05, 0.1) is 5.75 Å². The number of nitrogens with zero attached hydrogens (tertiary/aromatic N) is 1.